The van der Waals surface area contributed by atoms with E-state index in [4.69, 9.17) is 20.7 Å². The van der Waals surface area contributed by atoms with Crippen LogP contribution in [0.25, 0.3) is 0 Å². The lowest BCUT2D eigenvalue weighted by Gasteiger charge is -2.39. The highest BCUT2D eigenvalue weighted by molar-refractivity contribution is 5.78. The fraction of sp³-hybridized carbons (Fsp3) is 0.636. The normalized spacial score (nSPS) is 32.5. The zero-order valence-corrected chi connectivity index (χ0v) is 10.9. The van der Waals surface area contributed by atoms with Crippen LogP contribution in [0.1, 0.15) is 6.92 Å². The van der Waals surface area contributed by atoms with Crippen LogP contribution in [0.4, 0.5) is 0 Å². The molecule has 9 heteroatoms. The number of carboxylic acid groups (broad SMARTS) is 1. The number of nitrogens with two attached hydrogens (primary N) is 1. The Kier molecular flexibility index (Phi) is 7.96. The maximum absolute atomic E-state index is 10.7. The van der Waals surface area contributed by atoms with E-state index in [1.54, 1.807) is 0 Å². The van der Waals surface area contributed by atoms with Gasteiger partial charge in [0.25, 0.3) is 0 Å². The maximum atomic E-state index is 10.7. The molecule has 0 amide bonds. The second-order valence-electron chi connectivity index (χ2n) is 3.94. The highest BCUT2D eigenvalue weighted by Crippen LogP contribution is 2.20. The summed E-state index contributed by atoms with van der Waals surface area (Å²) >= 11 is 0. The second-order valence-corrected chi connectivity index (χ2v) is 3.94. The molecule has 0 aromatic heterocycles. The summed E-state index contributed by atoms with van der Waals surface area (Å²) in [4.78, 5) is 19.9. The van der Waals surface area contributed by atoms with Crippen LogP contribution in [0.2, 0.25) is 0 Å². The van der Waals surface area contributed by atoms with Gasteiger partial charge in [-0.2, -0.15) is 0 Å². The number of aliphatic hydroxyl groups is 3. The minimum absolute atomic E-state index is 0.497. The lowest BCUT2D eigenvalue weighted by molar-refractivity contribution is -0.258. The van der Waals surface area contributed by atoms with Crippen LogP contribution in [0.15, 0.2) is 12.7 Å². The van der Waals surface area contributed by atoms with E-state index in [9.17, 15) is 19.8 Å². The van der Waals surface area contributed by atoms with E-state index in [1.165, 1.54) is 6.92 Å². The molecule has 1 heterocycles. The first-order valence-electron chi connectivity index (χ1n) is 5.65. The number of ether oxygens (including phenoxy) is 2. The fourth-order valence-corrected chi connectivity index (χ4v) is 1.37. The second kappa shape index (κ2) is 8.61. The number of rotatable bonds is 3. The Morgan fingerprint density at radius 3 is 2.25 bits per heavy atom. The van der Waals surface area contributed by atoms with Gasteiger partial charge in [-0.25, -0.2) is 4.79 Å². The number of aliphatic carboxylic acids is 1. The van der Waals surface area contributed by atoms with Crippen LogP contribution >= 0.6 is 0 Å². The molecule has 20 heavy (non-hydrogen) atoms. The first-order chi connectivity index (χ1) is 9.24. The molecule has 0 aromatic rings. The summed E-state index contributed by atoms with van der Waals surface area (Å²) in [6.45, 7) is 3.63. The van der Waals surface area contributed by atoms with Crippen LogP contribution in [-0.4, -0.2) is 69.6 Å². The molecular weight excluding hydrogens is 274 g/mol. The Hall–Kier alpha value is -1.52. The first kappa shape index (κ1) is 18.5. The van der Waals surface area contributed by atoms with Crippen LogP contribution in [0.5, 0.6) is 0 Å². The molecule has 0 saturated carbocycles. The van der Waals surface area contributed by atoms with E-state index in [2.05, 4.69) is 11.3 Å². The number of hydrogen-bond donors (Lipinski definition) is 5. The molecule has 1 aliphatic heterocycles. The van der Waals surface area contributed by atoms with Crippen molar-refractivity contribution in [3.8, 4) is 0 Å². The predicted molar refractivity (Wildman–Crippen MR) is 65.3 cm³/mol. The molecule has 0 spiro atoms. The molecule has 1 rings (SSSR count). The number of hydrogen-bond acceptors (Lipinski definition) is 8. The summed E-state index contributed by atoms with van der Waals surface area (Å²) in [7, 11) is 0. The Morgan fingerprint density at radius 2 is 1.90 bits per heavy atom. The van der Waals surface area contributed by atoms with Crippen molar-refractivity contribution in [3.05, 3.63) is 12.7 Å². The molecule has 1 aliphatic rings. The molecule has 9 nitrogen and oxygen atoms in total. The monoisotopic (exact) mass is 293 g/mol. The zero-order valence-electron chi connectivity index (χ0n) is 10.9. The van der Waals surface area contributed by atoms with Crippen molar-refractivity contribution in [2.45, 2.75) is 37.6 Å². The highest BCUT2D eigenvalue weighted by Gasteiger charge is 2.43. The number of carboxylic acids is 1. The number of esters is 1. The first-order valence-corrected chi connectivity index (χ1v) is 5.65. The van der Waals surface area contributed by atoms with Gasteiger partial charge < -0.3 is 35.6 Å². The predicted octanol–water partition coefficient (Wildman–Crippen LogP) is -2.43. The van der Waals surface area contributed by atoms with Gasteiger partial charge in [-0.3, -0.25) is 4.79 Å². The summed E-state index contributed by atoms with van der Waals surface area (Å²) in [5.74, 6) is -1.60. The molecule has 0 radical (unpaired) electrons. The summed E-state index contributed by atoms with van der Waals surface area (Å²) < 4.78 is 9.70. The van der Waals surface area contributed by atoms with Crippen molar-refractivity contribution < 1.29 is 39.5 Å². The quantitative estimate of drug-likeness (QED) is 0.281. The molecule has 0 bridgehead atoms. The van der Waals surface area contributed by atoms with Gasteiger partial charge in [0.05, 0.1) is 12.6 Å². The molecule has 1 unspecified atom stereocenters. The van der Waals surface area contributed by atoms with Crippen molar-refractivity contribution in [2.24, 2.45) is 5.73 Å². The molecule has 0 aliphatic carbocycles. The van der Waals surface area contributed by atoms with Crippen LogP contribution in [0.3, 0.4) is 0 Å². The molecule has 6 N–H and O–H groups in total. The van der Waals surface area contributed by atoms with Gasteiger partial charge in [-0.15, -0.1) is 0 Å². The zero-order chi connectivity index (χ0) is 15.9. The number of carbonyl (C=O) groups is 2. The van der Waals surface area contributed by atoms with E-state index in [0.717, 1.165) is 6.08 Å². The van der Waals surface area contributed by atoms with Crippen molar-refractivity contribution in [1.82, 2.24) is 0 Å². The molecular formula is C11H19NO8. The molecule has 1 saturated heterocycles. The third kappa shape index (κ3) is 5.63. The van der Waals surface area contributed by atoms with Gasteiger partial charge >= 0.3 is 11.9 Å². The van der Waals surface area contributed by atoms with Gasteiger partial charge in [0.1, 0.15) is 18.3 Å². The van der Waals surface area contributed by atoms with Gasteiger partial charge in [0.2, 0.25) is 6.29 Å². The largest absolute Gasteiger partial charge is 0.478 e. The van der Waals surface area contributed by atoms with E-state index < -0.39 is 49.2 Å². The van der Waals surface area contributed by atoms with Crippen LogP contribution < -0.4 is 5.73 Å². The molecule has 1 fully saturated rings. The third-order valence-corrected chi connectivity index (χ3v) is 2.39. The average molecular weight is 293 g/mol. The van der Waals surface area contributed by atoms with Gasteiger partial charge in [-0.05, 0) is 0 Å². The lowest BCUT2D eigenvalue weighted by atomic mass is 9.98. The molecule has 116 valence electrons. The standard InChI is InChI=1S/C8H15NO6.C3H4O2/c1-3(11)14-8-5(9)7(13)6(12)4(2-10)15-8;1-2-3(4)5/h4-8,10,12-13H,2,9H2,1H3;2H,1H2,(H,4,5)/t4-,5-,6-,7-,8?;/m1./s1. The van der Waals surface area contributed by atoms with Crippen molar-refractivity contribution in [3.63, 3.8) is 0 Å². The van der Waals surface area contributed by atoms with E-state index in [0.29, 0.717) is 0 Å². The molecule has 0 aromatic carbocycles. The van der Waals surface area contributed by atoms with Crippen molar-refractivity contribution in [1.29, 1.82) is 0 Å². The Bertz CT molecular complexity index is 345. The van der Waals surface area contributed by atoms with E-state index >= 15 is 0 Å². The number of aliphatic hydroxyl groups excluding tert-OH is 3. The van der Waals surface area contributed by atoms with Crippen LogP contribution in [-0.2, 0) is 19.1 Å². The average Bonchev–Trinajstić information content (AvgIpc) is 2.39. The minimum atomic E-state index is -1.31. The topological polar surface area (TPSA) is 160 Å². The summed E-state index contributed by atoms with van der Waals surface area (Å²) in [5.41, 5.74) is 5.48. The Labute approximate surface area is 115 Å². The maximum Gasteiger partial charge on any atom is 0.327 e. The number of carbonyl (C=O) groups excluding carboxylic acids is 1. The van der Waals surface area contributed by atoms with E-state index in [-0.39, 0.29) is 0 Å². The minimum Gasteiger partial charge on any atom is -0.478 e. The fourth-order valence-electron chi connectivity index (χ4n) is 1.37. The van der Waals surface area contributed by atoms with Crippen molar-refractivity contribution >= 4 is 11.9 Å². The summed E-state index contributed by atoms with van der Waals surface area (Å²) in [5, 5.41) is 35.3. The van der Waals surface area contributed by atoms with Gasteiger partial charge in [0, 0.05) is 13.0 Å². The molecule has 5 atom stereocenters. The van der Waals surface area contributed by atoms with Crippen molar-refractivity contribution in [2.75, 3.05) is 6.61 Å². The lowest BCUT2D eigenvalue weighted by Crippen LogP contribution is -2.62. The van der Waals surface area contributed by atoms with E-state index in [1.807, 2.05) is 0 Å². The summed E-state index contributed by atoms with van der Waals surface area (Å²) in [6.07, 6.45) is -3.93. The SMILES string of the molecule is C=CC(=O)O.CC(=O)OC1O[C@H](CO)[C@@H](O)[C@H](O)[C@H]1N. The van der Waals surface area contributed by atoms with Crippen LogP contribution in [0, 0.1) is 0 Å². The highest BCUT2D eigenvalue weighted by atomic mass is 16.7. The summed E-state index contributed by atoms with van der Waals surface area (Å²) in [6, 6.07) is -1.04. The Morgan fingerprint density at radius 1 is 1.40 bits per heavy atom. The van der Waals surface area contributed by atoms with Gasteiger partial charge in [-0.1, -0.05) is 6.58 Å². The third-order valence-electron chi connectivity index (χ3n) is 2.39. The van der Waals surface area contributed by atoms with Gasteiger partial charge in [0.15, 0.2) is 0 Å². The Balaban J connectivity index is 0.000000621. The smallest absolute Gasteiger partial charge is 0.327 e.